The van der Waals surface area contributed by atoms with E-state index >= 15 is 0 Å². The topological polar surface area (TPSA) is 86.3 Å². The molecule has 7 nitrogen and oxygen atoms in total. The number of halogens is 1. The van der Waals surface area contributed by atoms with Gasteiger partial charge in [-0.25, -0.2) is 14.2 Å². The number of benzene rings is 1. The molecule has 1 aromatic rings. The summed E-state index contributed by atoms with van der Waals surface area (Å²) in [6.45, 7) is 8.87. The van der Waals surface area contributed by atoms with Gasteiger partial charge in [0, 0.05) is 6.54 Å². The monoisotopic (exact) mass is 386 g/mol. The standard InChI is InChI=1S/C20H27FN6O/c1-13-7-6-9-16(21)17(13)26-12-14(2)18(25-19(22)23-3)27(20(26)28)15-8-4-5-10-24-11-15/h6-7,9,15,24H,3-5,8,10-12H2,1-2H3,(H2,22,25)/t15-/m0/s1. The van der Waals surface area contributed by atoms with Crippen molar-refractivity contribution in [2.24, 2.45) is 15.7 Å². The van der Waals surface area contributed by atoms with E-state index in [9.17, 15) is 9.18 Å². The fourth-order valence-corrected chi connectivity index (χ4v) is 3.78. The number of urea groups is 1. The largest absolute Gasteiger partial charge is 0.368 e. The van der Waals surface area contributed by atoms with Crippen LogP contribution >= 0.6 is 0 Å². The maximum absolute atomic E-state index is 14.6. The number of guanidine groups is 1. The quantitative estimate of drug-likeness (QED) is 0.619. The number of amides is 2. The minimum absolute atomic E-state index is 0.00394. The fourth-order valence-electron chi connectivity index (χ4n) is 3.78. The summed E-state index contributed by atoms with van der Waals surface area (Å²) in [6.07, 6.45) is 2.87. The lowest BCUT2D eigenvalue weighted by Crippen LogP contribution is -2.54. The van der Waals surface area contributed by atoms with Crippen LogP contribution in [0.25, 0.3) is 0 Å². The van der Waals surface area contributed by atoms with Gasteiger partial charge in [0.25, 0.3) is 0 Å². The molecule has 0 saturated carbocycles. The summed E-state index contributed by atoms with van der Waals surface area (Å²) in [7, 11) is 0. The molecule has 28 heavy (non-hydrogen) atoms. The Morgan fingerprint density at radius 3 is 2.86 bits per heavy atom. The summed E-state index contributed by atoms with van der Waals surface area (Å²) in [5.41, 5.74) is 7.62. The van der Waals surface area contributed by atoms with Gasteiger partial charge in [0.2, 0.25) is 5.96 Å². The second-order valence-corrected chi connectivity index (χ2v) is 7.23. The third-order valence-electron chi connectivity index (χ3n) is 5.17. The Kier molecular flexibility index (Phi) is 6.08. The highest BCUT2D eigenvalue weighted by Gasteiger charge is 2.38. The first-order chi connectivity index (χ1) is 13.4. The van der Waals surface area contributed by atoms with Crippen molar-refractivity contribution in [3.63, 3.8) is 0 Å². The van der Waals surface area contributed by atoms with Crippen LogP contribution in [0.1, 0.15) is 31.7 Å². The average Bonchev–Trinajstić information content (AvgIpc) is 2.94. The van der Waals surface area contributed by atoms with Crippen LogP contribution in [-0.2, 0) is 0 Å². The number of aryl methyl sites for hydroxylation is 1. The molecule has 150 valence electrons. The molecule has 0 radical (unpaired) electrons. The van der Waals surface area contributed by atoms with E-state index in [2.05, 4.69) is 22.0 Å². The van der Waals surface area contributed by atoms with E-state index in [-0.39, 0.29) is 24.6 Å². The van der Waals surface area contributed by atoms with Crippen molar-refractivity contribution in [1.29, 1.82) is 0 Å². The molecule has 1 aromatic carbocycles. The lowest BCUT2D eigenvalue weighted by molar-refractivity contribution is 0.192. The Morgan fingerprint density at radius 1 is 1.36 bits per heavy atom. The van der Waals surface area contributed by atoms with Crippen molar-refractivity contribution < 1.29 is 9.18 Å². The van der Waals surface area contributed by atoms with Crippen LogP contribution in [0, 0.1) is 12.7 Å². The molecular formula is C20H27FN6O. The Morgan fingerprint density at radius 2 is 2.14 bits per heavy atom. The van der Waals surface area contributed by atoms with E-state index in [1.165, 1.54) is 11.0 Å². The number of rotatable bonds is 3. The van der Waals surface area contributed by atoms with Crippen molar-refractivity contribution in [3.05, 3.63) is 41.0 Å². The molecule has 3 N–H and O–H groups in total. The zero-order valence-corrected chi connectivity index (χ0v) is 16.4. The van der Waals surface area contributed by atoms with E-state index < -0.39 is 5.82 Å². The zero-order valence-electron chi connectivity index (χ0n) is 16.4. The number of para-hydroxylation sites is 1. The van der Waals surface area contributed by atoms with Crippen LogP contribution < -0.4 is 16.0 Å². The summed E-state index contributed by atoms with van der Waals surface area (Å²) < 4.78 is 14.6. The molecule has 1 fully saturated rings. The van der Waals surface area contributed by atoms with Crippen molar-refractivity contribution in [2.45, 2.75) is 39.2 Å². The predicted octanol–water partition coefficient (Wildman–Crippen LogP) is 2.77. The molecule has 2 aliphatic heterocycles. The van der Waals surface area contributed by atoms with Crippen LogP contribution in [-0.4, -0.2) is 49.3 Å². The second kappa shape index (κ2) is 8.52. The van der Waals surface area contributed by atoms with Crippen molar-refractivity contribution in [2.75, 3.05) is 24.5 Å². The number of hydrogen-bond acceptors (Lipinski definition) is 3. The number of anilines is 1. The van der Waals surface area contributed by atoms with Gasteiger partial charge in [-0.15, -0.1) is 0 Å². The molecule has 2 amide bonds. The van der Waals surface area contributed by atoms with Gasteiger partial charge in [0.1, 0.15) is 11.6 Å². The number of hydrogen-bond donors (Lipinski definition) is 2. The molecule has 0 aromatic heterocycles. The van der Waals surface area contributed by atoms with Gasteiger partial charge in [-0.1, -0.05) is 18.6 Å². The van der Waals surface area contributed by atoms with Crippen LogP contribution in [0.5, 0.6) is 0 Å². The second-order valence-electron chi connectivity index (χ2n) is 7.23. The lowest BCUT2D eigenvalue weighted by Gasteiger charge is -2.41. The summed E-state index contributed by atoms with van der Waals surface area (Å²) in [6, 6.07) is 4.42. The van der Waals surface area contributed by atoms with Crippen LogP contribution in [0.15, 0.2) is 39.6 Å². The van der Waals surface area contributed by atoms with E-state index in [0.717, 1.165) is 31.4 Å². The van der Waals surface area contributed by atoms with E-state index in [0.29, 0.717) is 23.6 Å². The molecule has 2 heterocycles. The highest BCUT2D eigenvalue weighted by atomic mass is 19.1. The Hall–Kier alpha value is -2.74. The first-order valence-electron chi connectivity index (χ1n) is 9.51. The summed E-state index contributed by atoms with van der Waals surface area (Å²) in [5, 5.41) is 3.37. The third kappa shape index (κ3) is 3.91. The van der Waals surface area contributed by atoms with Crippen LogP contribution in [0.2, 0.25) is 0 Å². The Bertz CT molecular complexity index is 806. The predicted molar refractivity (Wildman–Crippen MR) is 110 cm³/mol. The highest BCUT2D eigenvalue weighted by molar-refractivity contribution is 5.96. The van der Waals surface area contributed by atoms with Gasteiger partial charge in [0.05, 0.1) is 18.3 Å². The fraction of sp³-hybridized carbons (Fsp3) is 0.450. The molecule has 3 rings (SSSR count). The van der Waals surface area contributed by atoms with Crippen molar-refractivity contribution in [3.8, 4) is 0 Å². The molecule has 0 aliphatic carbocycles. The molecule has 0 unspecified atom stereocenters. The van der Waals surface area contributed by atoms with E-state index in [4.69, 9.17) is 5.73 Å². The number of nitrogens with two attached hydrogens (primary N) is 1. The SMILES string of the molecule is C=NC(N)=NC1=C(C)CN(c2c(C)cccc2F)C(=O)N1[C@H]1CCCCNC1. The van der Waals surface area contributed by atoms with Crippen LogP contribution in [0.3, 0.4) is 0 Å². The maximum atomic E-state index is 14.6. The molecule has 1 atom stereocenters. The van der Waals surface area contributed by atoms with E-state index in [1.54, 1.807) is 24.0 Å². The van der Waals surface area contributed by atoms with Gasteiger partial charge in [-0.2, -0.15) is 4.99 Å². The molecular weight excluding hydrogens is 359 g/mol. The van der Waals surface area contributed by atoms with E-state index in [1.807, 2.05) is 6.92 Å². The van der Waals surface area contributed by atoms with Gasteiger partial charge < -0.3 is 11.1 Å². The maximum Gasteiger partial charge on any atom is 0.330 e. The first-order valence-corrected chi connectivity index (χ1v) is 9.51. The Labute approximate surface area is 164 Å². The number of nitrogens with zero attached hydrogens (tertiary/aromatic N) is 4. The molecule has 8 heteroatoms. The van der Waals surface area contributed by atoms with Gasteiger partial charge in [-0.3, -0.25) is 9.80 Å². The summed E-state index contributed by atoms with van der Waals surface area (Å²) >= 11 is 0. The highest BCUT2D eigenvalue weighted by Crippen LogP contribution is 2.33. The lowest BCUT2D eigenvalue weighted by atomic mass is 10.1. The summed E-state index contributed by atoms with van der Waals surface area (Å²) in [5.74, 6) is 0.0670. The molecule has 0 spiro atoms. The minimum Gasteiger partial charge on any atom is -0.368 e. The van der Waals surface area contributed by atoms with Gasteiger partial charge >= 0.3 is 6.03 Å². The molecule has 1 saturated heterocycles. The first kappa shape index (κ1) is 20.0. The number of nitrogens with one attached hydrogen (secondary N) is 1. The number of aliphatic imine (C=N–C) groups is 2. The normalized spacial score (nSPS) is 21.8. The van der Waals surface area contributed by atoms with Gasteiger partial charge in [0.15, 0.2) is 0 Å². The van der Waals surface area contributed by atoms with Gasteiger partial charge in [-0.05, 0) is 57.2 Å². The van der Waals surface area contributed by atoms with Crippen LogP contribution in [0.4, 0.5) is 14.9 Å². The average molecular weight is 386 g/mol. The molecule has 0 bridgehead atoms. The number of carbonyl (C=O) groups excluding carboxylic acids is 1. The smallest absolute Gasteiger partial charge is 0.330 e. The van der Waals surface area contributed by atoms with Crippen molar-refractivity contribution >= 4 is 24.4 Å². The number of carbonyl (C=O) groups is 1. The minimum atomic E-state index is -0.417. The zero-order chi connectivity index (χ0) is 20.3. The third-order valence-corrected chi connectivity index (χ3v) is 5.17. The Balaban J connectivity index is 2.09. The molecule has 2 aliphatic rings. The summed E-state index contributed by atoms with van der Waals surface area (Å²) in [4.78, 5) is 24.7. The van der Waals surface area contributed by atoms with Crippen molar-refractivity contribution in [1.82, 2.24) is 10.2 Å².